The Balaban J connectivity index is 1.50. The number of fused-ring (bicyclic) bond motifs is 1. The highest BCUT2D eigenvalue weighted by Crippen LogP contribution is 2.37. The largest absolute Gasteiger partial charge is 0.497 e. The summed E-state index contributed by atoms with van der Waals surface area (Å²) in [5.41, 5.74) is 4.07. The highest BCUT2D eigenvalue weighted by atomic mass is 16.7. The van der Waals surface area contributed by atoms with Crippen molar-refractivity contribution < 1.29 is 14.0 Å². The molecule has 1 unspecified atom stereocenters. The fourth-order valence-electron chi connectivity index (χ4n) is 4.02. The Kier molecular flexibility index (Phi) is 4.35. The molecular formula is C21H27BN4O3. The smallest absolute Gasteiger partial charge is 0.399 e. The molecule has 4 heterocycles. The molecule has 0 bridgehead atoms. The second-order valence-electron chi connectivity index (χ2n) is 8.95. The number of rotatable bonds is 3. The Morgan fingerprint density at radius 1 is 1.14 bits per heavy atom. The van der Waals surface area contributed by atoms with Gasteiger partial charge in [0.05, 0.1) is 34.8 Å². The predicted octanol–water partition coefficient (Wildman–Crippen LogP) is 3.42. The van der Waals surface area contributed by atoms with Gasteiger partial charge in [-0.1, -0.05) is 12.1 Å². The Labute approximate surface area is 170 Å². The lowest BCUT2D eigenvalue weighted by atomic mass is 9.77. The molecule has 0 amide bonds. The lowest BCUT2D eigenvalue weighted by Gasteiger charge is -2.32. The first-order chi connectivity index (χ1) is 13.9. The summed E-state index contributed by atoms with van der Waals surface area (Å²) in [5, 5.41) is 4.55. The van der Waals surface area contributed by atoms with Crippen LogP contribution in [0.4, 0.5) is 0 Å². The third-order valence-corrected chi connectivity index (χ3v) is 6.48. The quantitative estimate of drug-likeness (QED) is 0.689. The summed E-state index contributed by atoms with van der Waals surface area (Å²) in [5.74, 6) is 0. The molecule has 2 saturated heterocycles. The number of imidazole rings is 1. The normalized spacial score (nSPS) is 23.7. The van der Waals surface area contributed by atoms with Crippen LogP contribution in [0, 0.1) is 0 Å². The number of nitrogens with zero attached hydrogens (tertiary/aromatic N) is 3. The summed E-state index contributed by atoms with van der Waals surface area (Å²) in [7, 11) is -0.435. The Hall–Kier alpha value is -2.16. The van der Waals surface area contributed by atoms with E-state index < -0.39 is 7.12 Å². The van der Waals surface area contributed by atoms with Gasteiger partial charge in [-0.3, -0.25) is 0 Å². The summed E-state index contributed by atoms with van der Waals surface area (Å²) >= 11 is 0. The van der Waals surface area contributed by atoms with Crippen LogP contribution >= 0.6 is 0 Å². The molecule has 1 aromatic carbocycles. The van der Waals surface area contributed by atoms with Gasteiger partial charge in [-0.05, 0) is 47.0 Å². The first-order valence-corrected chi connectivity index (χ1v) is 10.3. The van der Waals surface area contributed by atoms with E-state index in [1.165, 1.54) is 6.42 Å². The highest BCUT2D eigenvalue weighted by molar-refractivity contribution is 6.65. The van der Waals surface area contributed by atoms with Crippen molar-refractivity contribution in [2.75, 3.05) is 6.61 Å². The van der Waals surface area contributed by atoms with Crippen LogP contribution in [-0.4, -0.2) is 44.7 Å². The van der Waals surface area contributed by atoms with Crippen LogP contribution in [-0.2, 0) is 14.0 Å². The summed E-state index contributed by atoms with van der Waals surface area (Å²) in [6, 6.07) is 4.14. The number of aromatic nitrogens is 4. The molecule has 29 heavy (non-hydrogen) atoms. The molecule has 0 aliphatic carbocycles. The van der Waals surface area contributed by atoms with Crippen LogP contribution in [0.15, 0.2) is 30.9 Å². The summed E-state index contributed by atoms with van der Waals surface area (Å²) in [4.78, 5) is 7.86. The maximum Gasteiger partial charge on any atom is 0.497 e. The summed E-state index contributed by atoms with van der Waals surface area (Å²) < 4.78 is 20.3. The number of H-pyrrole nitrogens is 1. The van der Waals surface area contributed by atoms with E-state index in [0.29, 0.717) is 0 Å². The van der Waals surface area contributed by atoms with Crippen LogP contribution in [0.5, 0.6) is 0 Å². The van der Waals surface area contributed by atoms with Gasteiger partial charge in [0.2, 0.25) is 0 Å². The van der Waals surface area contributed by atoms with Gasteiger partial charge in [-0.2, -0.15) is 5.10 Å². The van der Waals surface area contributed by atoms with Gasteiger partial charge < -0.3 is 19.0 Å². The van der Waals surface area contributed by atoms with Gasteiger partial charge in [0.25, 0.3) is 0 Å². The van der Waals surface area contributed by atoms with Crippen molar-refractivity contribution in [1.29, 1.82) is 0 Å². The minimum Gasteiger partial charge on any atom is -0.399 e. The molecular weight excluding hydrogens is 367 g/mol. The molecule has 3 aromatic rings. The Morgan fingerprint density at radius 3 is 2.66 bits per heavy atom. The van der Waals surface area contributed by atoms with Crippen LogP contribution in [0.1, 0.15) is 53.2 Å². The van der Waals surface area contributed by atoms with Gasteiger partial charge in [0.1, 0.15) is 6.23 Å². The van der Waals surface area contributed by atoms with Gasteiger partial charge in [0.15, 0.2) is 0 Å². The number of ether oxygens (including phenoxy) is 1. The average Bonchev–Trinajstić information content (AvgIpc) is 3.40. The van der Waals surface area contributed by atoms with E-state index >= 15 is 0 Å². The molecule has 152 valence electrons. The third-order valence-electron chi connectivity index (χ3n) is 6.48. The van der Waals surface area contributed by atoms with E-state index in [4.69, 9.17) is 14.0 Å². The molecule has 0 radical (unpaired) electrons. The minimum absolute atomic E-state index is 0.0243. The maximum absolute atomic E-state index is 6.25. The second kappa shape index (κ2) is 6.69. The van der Waals surface area contributed by atoms with Crippen LogP contribution in [0.2, 0.25) is 0 Å². The molecule has 0 spiro atoms. The van der Waals surface area contributed by atoms with E-state index in [1.807, 2.05) is 17.1 Å². The molecule has 8 heteroatoms. The van der Waals surface area contributed by atoms with Crippen molar-refractivity contribution in [2.24, 2.45) is 0 Å². The van der Waals surface area contributed by atoms with Crippen molar-refractivity contribution in [3.63, 3.8) is 0 Å². The van der Waals surface area contributed by atoms with Crippen molar-refractivity contribution >= 4 is 23.6 Å². The van der Waals surface area contributed by atoms with E-state index in [-0.39, 0.29) is 17.4 Å². The number of benzene rings is 1. The second-order valence-corrected chi connectivity index (χ2v) is 8.95. The van der Waals surface area contributed by atoms with E-state index in [0.717, 1.165) is 47.1 Å². The summed E-state index contributed by atoms with van der Waals surface area (Å²) in [6.07, 6.45) is 8.97. The van der Waals surface area contributed by atoms with Crippen LogP contribution in [0.3, 0.4) is 0 Å². The molecule has 7 nitrogen and oxygen atoms in total. The molecule has 2 aliphatic heterocycles. The van der Waals surface area contributed by atoms with E-state index in [2.05, 4.69) is 54.9 Å². The molecule has 1 N–H and O–H groups in total. The van der Waals surface area contributed by atoms with E-state index in [9.17, 15) is 0 Å². The lowest BCUT2D eigenvalue weighted by Crippen LogP contribution is -2.41. The SMILES string of the molecule is CC1(C)OB(c2ccc(-c3cnn(C4CCCCO4)c3)c3nc[nH]c23)OC1(C)C. The predicted molar refractivity (Wildman–Crippen MR) is 112 cm³/mol. The zero-order valence-corrected chi connectivity index (χ0v) is 17.4. The first-order valence-electron chi connectivity index (χ1n) is 10.3. The fourth-order valence-corrected chi connectivity index (χ4v) is 4.02. The molecule has 2 fully saturated rings. The molecule has 2 aliphatic rings. The number of hydrogen-bond acceptors (Lipinski definition) is 5. The average molecular weight is 394 g/mol. The molecule has 0 saturated carbocycles. The minimum atomic E-state index is -0.435. The zero-order valence-electron chi connectivity index (χ0n) is 17.4. The molecule has 1 atom stereocenters. The molecule has 2 aromatic heterocycles. The topological polar surface area (TPSA) is 74.2 Å². The van der Waals surface area contributed by atoms with Crippen molar-refractivity contribution in [3.8, 4) is 11.1 Å². The van der Waals surface area contributed by atoms with E-state index in [1.54, 1.807) is 6.33 Å². The number of hydrogen-bond donors (Lipinski definition) is 1. The fraction of sp³-hybridized carbons (Fsp3) is 0.524. The van der Waals surface area contributed by atoms with Gasteiger partial charge in [-0.15, -0.1) is 0 Å². The van der Waals surface area contributed by atoms with Gasteiger partial charge >= 0.3 is 7.12 Å². The molecule has 5 rings (SSSR count). The van der Waals surface area contributed by atoms with Crippen molar-refractivity contribution in [1.82, 2.24) is 19.7 Å². The highest BCUT2D eigenvalue weighted by Gasteiger charge is 2.52. The monoisotopic (exact) mass is 394 g/mol. The standard InChI is InChI=1S/C21H27BN4O3/c1-20(2)21(3,4)29-22(28-20)16-9-8-15(18-19(16)24-13-23-18)14-11-25-26(12-14)17-7-5-6-10-27-17/h8-9,11-13,17H,5-7,10H2,1-4H3,(H,23,24). The Bertz CT molecular complexity index is 1020. The van der Waals surface area contributed by atoms with Crippen LogP contribution in [0.25, 0.3) is 22.2 Å². The van der Waals surface area contributed by atoms with Gasteiger partial charge in [0, 0.05) is 29.4 Å². The number of nitrogens with one attached hydrogen (secondary N) is 1. The van der Waals surface area contributed by atoms with Gasteiger partial charge in [-0.25, -0.2) is 9.67 Å². The zero-order chi connectivity index (χ0) is 20.2. The third kappa shape index (κ3) is 3.10. The Morgan fingerprint density at radius 2 is 1.93 bits per heavy atom. The van der Waals surface area contributed by atoms with Crippen molar-refractivity contribution in [3.05, 3.63) is 30.9 Å². The number of aromatic amines is 1. The van der Waals surface area contributed by atoms with Crippen molar-refractivity contribution in [2.45, 2.75) is 64.4 Å². The first kappa shape index (κ1) is 18.8. The summed E-state index contributed by atoms with van der Waals surface area (Å²) in [6.45, 7) is 9.05. The maximum atomic E-state index is 6.25. The van der Waals surface area contributed by atoms with Crippen LogP contribution < -0.4 is 5.46 Å². The lowest BCUT2D eigenvalue weighted by molar-refractivity contribution is -0.0394.